The van der Waals surface area contributed by atoms with Gasteiger partial charge in [0.25, 0.3) is 0 Å². The molecular formula is C14H12N4O2. The number of phenols is 1. The molecule has 1 aromatic heterocycles. The summed E-state index contributed by atoms with van der Waals surface area (Å²) in [6, 6.07) is 11.4. The predicted molar refractivity (Wildman–Crippen MR) is 76.8 cm³/mol. The van der Waals surface area contributed by atoms with E-state index in [0.29, 0.717) is 11.4 Å². The third-order valence-corrected chi connectivity index (χ3v) is 2.78. The third kappa shape index (κ3) is 2.54. The number of imidazole rings is 1. The van der Waals surface area contributed by atoms with E-state index in [1.54, 1.807) is 30.6 Å². The summed E-state index contributed by atoms with van der Waals surface area (Å²) in [6.45, 7) is 0. The van der Waals surface area contributed by atoms with Crippen molar-refractivity contribution >= 4 is 28.4 Å². The van der Waals surface area contributed by atoms with Crippen LogP contribution in [0.15, 0.2) is 48.8 Å². The summed E-state index contributed by atoms with van der Waals surface area (Å²) in [5.74, 6) is 0.0988. The second-order valence-corrected chi connectivity index (χ2v) is 4.26. The Morgan fingerprint density at radius 2 is 1.90 bits per heavy atom. The van der Waals surface area contributed by atoms with Crippen LogP contribution in [0.1, 0.15) is 0 Å². The van der Waals surface area contributed by atoms with E-state index in [1.165, 1.54) is 12.1 Å². The van der Waals surface area contributed by atoms with Gasteiger partial charge in [0.05, 0.1) is 17.4 Å². The van der Waals surface area contributed by atoms with Crippen LogP contribution in [0.3, 0.4) is 0 Å². The maximum absolute atomic E-state index is 11.8. The number of anilines is 2. The number of H-pyrrole nitrogens is 1. The van der Waals surface area contributed by atoms with Gasteiger partial charge in [-0.1, -0.05) is 6.07 Å². The highest BCUT2D eigenvalue weighted by molar-refractivity contribution is 6.00. The maximum Gasteiger partial charge on any atom is 0.323 e. The number of urea groups is 1. The first-order valence-electron chi connectivity index (χ1n) is 6.01. The number of fused-ring (bicyclic) bond motifs is 1. The second-order valence-electron chi connectivity index (χ2n) is 4.26. The number of rotatable bonds is 2. The van der Waals surface area contributed by atoms with Gasteiger partial charge in [-0.3, -0.25) is 0 Å². The maximum atomic E-state index is 11.8. The zero-order chi connectivity index (χ0) is 13.9. The highest BCUT2D eigenvalue weighted by Gasteiger charge is 2.04. The zero-order valence-electron chi connectivity index (χ0n) is 10.4. The number of amides is 2. The molecule has 0 aliphatic rings. The fourth-order valence-electron chi connectivity index (χ4n) is 1.89. The van der Waals surface area contributed by atoms with Crippen LogP contribution in [0.4, 0.5) is 16.2 Å². The molecule has 0 radical (unpaired) electrons. The molecule has 0 bridgehead atoms. The van der Waals surface area contributed by atoms with Gasteiger partial charge >= 0.3 is 6.03 Å². The SMILES string of the molecule is O=C(Nc1cccc(O)c1)Nc1ccc2nc[nH]c2c1. The minimum absolute atomic E-state index is 0.0988. The molecule has 2 amide bonds. The third-order valence-electron chi connectivity index (χ3n) is 2.78. The molecule has 6 nitrogen and oxygen atoms in total. The van der Waals surface area contributed by atoms with Gasteiger partial charge in [-0.05, 0) is 30.3 Å². The molecule has 3 aromatic rings. The molecule has 20 heavy (non-hydrogen) atoms. The topological polar surface area (TPSA) is 90.0 Å². The lowest BCUT2D eigenvalue weighted by atomic mass is 10.3. The summed E-state index contributed by atoms with van der Waals surface area (Å²) in [5, 5.41) is 14.7. The van der Waals surface area contributed by atoms with Gasteiger partial charge < -0.3 is 20.7 Å². The highest BCUT2D eigenvalue weighted by Crippen LogP contribution is 2.17. The van der Waals surface area contributed by atoms with E-state index in [4.69, 9.17) is 0 Å². The Bertz CT molecular complexity index is 766. The Balaban J connectivity index is 1.72. The number of benzene rings is 2. The van der Waals surface area contributed by atoms with E-state index in [-0.39, 0.29) is 11.8 Å². The van der Waals surface area contributed by atoms with Gasteiger partial charge in [-0.25, -0.2) is 9.78 Å². The van der Waals surface area contributed by atoms with Gasteiger partial charge in [-0.15, -0.1) is 0 Å². The molecule has 4 N–H and O–H groups in total. The van der Waals surface area contributed by atoms with Gasteiger partial charge in [0, 0.05) is 17.4 Å². The zero-order valence-corrected chi connectivity index (χ0v) is 10.4. The molecule has 3 rings (SSSR count). The van der Waals surface area contributed by atoms with Crippen molar-refractivity contribution in [1.82, 2.24) is 9.97 Å². The quantitative estimate of drug-likeness (QED) is 0.576. The fraction of sp³-hybridized carbons (Fsp3) is 0. The minimum Gasteiger partial charge on any atom is -0.508 e. The number of nitrogens with one attached hydrogen (secondary N) is 3. The van der Waals surface area contributed by atoms with Gasteiger partial charge in [0.1, 0.15) is 5.75 Å². The van der Waals surface area contributed by atoms with Crippen molar-refractivity contribution in [2.45, 2.75) is 0 Å². The Morgan fingerprint density at radius 1 is 1.10 bits per heavy atom. The number of phenolic OH excluding ortho intramolecular Hbond substituents is 1. The number of hydrogen-bond acceptors (Lipinski definition) is 3. The minimum atomic E-state index is -0.380. The number of hydrogen-bond donors (Lipinski definition) is 4. The normalized spacial score (nSPS) is 10.4. The summed E-state index contributed by atoms with van der Waals surface area (Å²) in [7, 11) is 0. The van der Waals surface area contributed by atoms with Crippen LogP contribution < -0.4 is 10.6 Å². The number of carbonyl (C=O) groups is 1. The van der Waals surface area contributed by atoms with Crippen molar-refractivity contribution in [3.05, 3.63) is 48.8 Å². The molecule has 0 aliphatic heterocycles. The molecule has 0 saturated heterocycles. The van der Waals surface area contributed by atoms with Gasteiger partial charge in [0.15, 0.2) is 0 Å². The average molecular weight is 268 g/mol. The Morgan fingerprint density at radius 3 is 2.70 bits per heavy atom. The molecule has 0 unspecified atom stereocenters. The predicted octanol–water partition coefficient (Wildman–Crippen LogP) is 2.91. The number of aromatic amines is 1. The van der Waals surface area contributed by atoms with E-state index >= 15 is 0 Å². The van der Waals surface area contributed by atoms with Gasteiger partial charge in [0.2, 0.25) is 0 Å². The molecule has 0 aliphatic carbocycles. The number of nitrogens with zero attached hydrogens (tertiary/aromatic N) is 1. The summed E-state index contributed by atoms with van der Waals surface area (Å²) >= 11 is 0. The molecule has 0 fully saturated rings. The van der Waals surface area contributed by atoms with E-state index in [2.05, 4.69) is 20.6 Å². The monoisotopic (exact) mass is 268 g/mol. The first-order chi connectivity index (χ1) is 9.70. The first-order valence-corrected chi connectivity index (χ1v) is 6.01. The van der Waals surface area contributed by atoms with Crippen molar-refractivity contribution in [3.8, 4) is 5.75 Å². The Hall–Kier alpha value is -3.02. The lowest BCUT2D eigenvalue weighted by Gasteiger charge is -2.07. The number of aromatic hydroxyl groups is 1. The molecular weight excluding hydrogens is 256 g/mol. The first kappa shape index (κ1) is 12.0. The van der Waals surface area contributed by atoms with Crippen molar-refractivity contribution in [1.29, 1.82) is 0 Å². The molecule has 0 spiro atoms. The molecule has 0 saturated carbocycles. The van der Waals surface area contributed by atoms with Crippen LogP contribution in [0.25, 0.3) is 11.0 Å². The Kier molecular flexibility index (Phi) is 2.96. The standard InChI is InChI=1S/C14H12N4O2/c19-11-3-1-2-9(6-11)17-14(20)18-10-4-5-12-13(7-10)16-8-15-12/h1-8,19H,(H,15,16)(H2,17,18,20). The average Bonchev–Trinajstić information content (AvgIpc) is 2.86. The van der Waals surface area contributed by atoms with Crippen LogP contribution >= 0.6 is 0 Å². The number of carbonyl (C=O) groups excluding carboxylic acids is 1. The summed E-state index contributed by atoms with van der Waals surface area (Å²) in [4.78, 5) is 18.9. The van der Waals surface area contributed by atoms with Gasteiger partial charge in [-0.2, -0.15) is 0 Å². The van der Waals surface area contributed by atoms with E-state index in [1.807, 2.05) is 6.07 Å². The van der Waals surface area contributed by atoms with Crippen LogP contribution in [0, 0.1) is 0 Å². The smallest absolute Gasteiger partial charge is 0.323 e. The second kappa shape index (κ2) is 4.93. The van der Waals surface area contributed by atoms with Crippen LogP contribution in [0.2, 0.25) is 0 Å². The van der Waals surface area contributed by atoms with Crippen molar-refractivity contribution in [2.75, 3.05) is 10.6 Å². The summed E-state index contributed by atoms with van der Waals surface area (Å²) < 4.78 is 0. The molecule has 1 heterocycles. The van der Waals surface area contributed by atoms with Crippen molar-refractivity contribution in [3.63, 3.8) is 0 Å². The summed E-state index contributed by atoms with van der Waals surface area (Å²) in [5.41, 5.74) is 2.86. The molecule has 0 atom stereocenters. The number of aromatic nitrogens is 2. The lowest BCUT2D eigenvalue weighted by molar-refractivity contribution is 0.262. The molecule has 2 aromatic carbocycles. The molecule has 6 heteroatoms. The Labute approximate surface area is 114 Å². The fourth-order valence-corrected chi connectivity index (χ4v) is 1.89. The lowest BCUT2D eigenvalue weighted by Crippen LogP contribution is -2.19. The molecule has 100 valence electrons. The van der Waals surface area contributed by atoms with Crippen LogP contribution in [-0.4, -0.2) is 21.1 Å². The van der Waals surface area contributed by atoms with Crippen molar-refractivity contribution in [2.24, 2.45) is 0 Å². The van der Waals surface area contributed by atoms with E-state index < -0.39 is 0 Å². The van der Waals surface area contributed by atoms with Crippen molar-refractivity contribution < 1.29 is 9.90 Å². The highest BCUT2D eigenvalue weighted by atomic mass is 16.3. The largest absolute Gasteiger partial charge is 0.508 e. The van der Waals surface area contributed by atoms with Crippen LogP contribution in [-0.2, 0) is 0 Å². The van der Waals surface area contributed by atoms with Crippen LogP contribution in [0.5, 0.6) is 5.75 Å². The summed E-state index contributed by atoms with van der Waals surface area (Å²) in [6.07, 6.45) is 1.60. The van der Waals surface area contributed by atoms with E-state index in [9.17, 15) is 9.90 Å². The van der Waals surface area contributed by atoms with E-state index in [0.717, 1.165) is 11.0 Å².